The van der Waals surface area contributed by atoms with Crippen molar-refractivity contribution >= 4 is 27.5 Å². The lowest BCUT2D eigenvalue weighted by Gasteiger charge is -2.30. The number of rotatable bonds is 12. The number of nitrogens with zero attached hydrogens (tertiary/aromatic N) is 2. The average molecular weight is 516 g/mol. The Labute approximate surface area is 216 Å². The summed E-state index contributed by atoms with van der Waals surface area (Å²) in [4.78, 5) is 27.9. The first-order valence-corrected chi connectivity index (χ1v) is 14.4. The number of anilines is 1. The Bertz CT molecular complexity index is 1160. The van der Waals surface area contributed by atoms with E-state index in [2.05, 4.69) is 5.32 Å². The second kappa shape index (κ2) is 12.9. The molecule has 198 valence electrons. The minimum atomic E-state index is -3.53. The Kier molecular flexibility index (Phi) is 10.5. The van der Waals surface area contributed by atoms with Crippen LogP contribution in [0.5, 0.6) is 0 Å². The molecule has 2 rings (SSSR count). The van der Waals surface area contributed by atoms with Crippen molar-refractivity contribution in [2.75, 3.05) is 17.1 Å². The summed E-state index contributed by atoms with van der Waals surface area (Å²) in [6, 6.07) is 12.8. The molecule has 0 radical (unpaired) electrons. The van der Waals surface area contributed by atoms with Crippen molar-refractivity contribution in [2.24, 2.45) is 0 Å². The maximum Gasteiger partial charge on any atom is 0.242 e. The van der Waals surface area contributed by atoms with Gasteiger partial charge in [-0.1, -0.05) is 48.9 Å². The van der Waals surface area contributed by atoms with Crippen molar-refractivity contribution in [3.8, 4) is 0 Å². The highest BCUT2D eigenvalue weighted by Gasteiger charge is 2.27. The van der Waals surface area contributed by atoms with Gasteiger partial charge in [0.25, 0.3) is 0 Å². The summed E-state index contributed by atoms with van der Waals surface area (Å²) in [6.07, 6.45) is 2.44. The van der Waals surface area contributed by atoms with Crippen LogP contribution in [0.15, 0.2) is 42.5 Å². The van der Waals surface area contributed by atoms with Gasteiger partial charge in [0.05, 0.1) is 11.9 Å². The van der Waals surface area contributed by atoms with Crippen LogP contribution < -0.4 is 9.62 Å². The highest BCUT2D eigenvalue weighted by molar-refractivity contribution is 7.92. The van der Waals surface area contributed by atoms with Crippen molar-refractivity contribution in [1.29, 1.82) is 0 Å². The Balaban J connectivity index is 2.21. The summed E-state index contributed by atoms with van der Waals surface area (Å²) in [7, 11) is -3.53. The molecular weight excluding hydrogens is 474 g/mol. The minimum Gasteiger partial charge on any atom is -0.352 e. The van der Waals surface area contributed by atoms with Crippen LogP contribution >= 0.6 is 0 Å². The zero-order chi connectivity index (χ0) is 27.0. The van der Waals surface area contributed by atoms with Crippen molar-refractivity contribution in [2.45, 2.75) is 79.4 Å². The number of hydrogen-bond acceptors (Lipinski definition) is 4. The molecule has 2 atom stereocenters. The van der Waals surface area contributed by atoms with E-state index in [1.165, 1.54) is 10.6 Å². The van der Waals surface area contributed by atoms with Crippen molar-refractivity contribution in [3.05, 3.63) is 64.7 Å². The lowest BCUT2D eigenvalue weighted by molar-refractivity contribution is -0.140. The molecule has 0 saturated carbocycles. The summed E-state index contributed by atoms with van der Waals surface area (Å²) in [5.41, 5.74) is 4.55. The van der Waals surface area contributed by atoms with E-state index in [1.807, 2.05) is 71.0 Å². The van der Waals surface area contributed by atoms with Crippen LogP contribution in [0.4, 0.5) is 5.69 Å². The summed E-state index contributed by atoms with van der Waals surface area (Å²) >= 11 is 0. The topological polar surface area (TPSA) is 86.8 Å². The first kappa shape index (κ1) is 29.4. The maximum atomic E-state index is 13.4. The van der Waals surface area contributed by atoms with Crippen molar-refractivity contribution < 1.29 is 18.0 Å². The van der Waals surface area contributed by atoms with Gasteiger partial charge in [0.1, 0.15) is 6.04 Å². The Morgan fingerprint density at radius 2 is 1.69 bits per heavy atom. The molecule has 2 amide bonds. The van der Waals surface area contributed by atoms with Crippen LogP contribution in [-0.4, -0.2) is 50.0 Å². The van der Waals surface area contributed by atoms with Gasteiger partial charge in [-0.2, -0.15) is 0 Å². The number of benzene rings is 2. The van der Waals surface area contributed by atoms with E-state index in [9.17, 15) is 18.0 Å². The molecule has 8 heteroatoms. The number of amides is 2. The van der Waals surface area contributed by atoms with Gasteiger partial charge in [0.15, 0.2) is 0 Å². The predicted octanol–water partition coefficient (Wildman–Crippen LogP) is 4.49. The largest absolute Gasteiger partial charge is 0.352 e. The van der Waals surface area contributed by atoms with Gasteiger partial charge in [-0.3, -0.25) is 13.9 Å². The molecule has 0 aliphatic carbocycles. The van der Waals surface area contributed by atoms with Gasteiger partial charge >= 0.3 is 0 Å². The van der Waals surface area contributed by atoms with E-state index in [0.717, 1.165) is 28.7 Å². The third-order valence-electron chi connectivity index (χ3n) is 6.60. The van der Waals surface area contributed by atoms with Crippen molar-refractivity contribution in [3.63, 3.8) is 0 Å². The van der Waals surface area contributed by atoms with Gasteiger partial charge in [-0.15, -0.1) is 0 Å². The number of sulfonamides is 1. The lowest BCUT2D eigenvalue weighted by atomic mass is 10.1. The van der Waals surface area contributed by atoms with Crippen LogP contribution in [0.3, 0.4) is 0 Å². The summed E-state index contributed by atoms with van der Waals surface area (Å²) < 4.78 is 26.5. The van der Waals surface area contributed by atoms with Gasteiger partial charge in [0, 0.05) is 25.6 Å². The first-order valence-electron chi connectivity index (χ1n) is 12.5. The number of nitrogens with one attached hydrogen (secondary N) is 1. The molecule has 36 heavy (non-hydrogen) atoms. The molecule has 1 N–H and O–H groups in total. The predicted molar refractivity (Wildman–Crippen MR) is 146 cm³/mol. The van der Waals surface area contributed by atoms with E-state index < -0.39 is 16.1 Å². The molecule has 0 spiro atoms. The summed E-state index contributed by atoms with van der Waals surface area (Å²) in [5, 5.41) is 2.97. The number of hydrogen-bond donors (Lipinski definition) is 1. The molecular formula is C28H41N3O4S. The average Bonchev–Trinajstić information content (AvgIpc) is 2.81. The second-order valence-corrected chi connectivity index (χ2v) is 11.6. The Morgan fingerprint density at radius 3 is 2.31 bits per heavy atom. The normalized spacial score (nSPS) is 13.1. The van der Waals surface area contributed by atoms with Crippen LogP contribution in [0.2, 0.25) is 0 Å². The maximum absolute atomic E-state index is 13.4. The van der Waals surface area contributed by atoms with E-state index in [1.54, 1.807) is 17.9 Å². The third kappa shape index (κ3) is 8.08. The monoisotopic (exact) mass is 515 g/mol. The molecule has 0 saturated heterocycles. The molecule has 0 unspecified atom stereocenters. The van der Waals surface area contributed by atoms with Gasteiger partial charge < -0.3 is 10.2 Å². The summed E-state index contributed by atoms with van der Waals surface area (Å²) in [5.74, 6) is -0.378. The fourth-order valence-electron chi connectivity index (χ4n) is 4.04. The van der Waals surface area contributed by atoms with Crippen LogP contribution in [0.25, 0.3) is 0 Å². The van der Waals surface area contributed by atoms with Gasteiger partial charge in [-0.25, -0.2) is 8.42 Å². The molecule has 0 aliphatic rings. The molecule has 0 fully saturated rings. The highest BCUT2D eigenvalue weighted by atomic mass is 32.2. The van der Waals surface area contributed by atoms with Crippen LogP contribution in [0, 0.1) is 20.8 Å². The fraction of sp³-hybridized carbons (Fsp3) is 0.500. The third-order valence-corrected chi connectivity index (χ3v) is 7.78. The molecule has 2 aromatic rings. The number of carbonyl (C=O) groups excluding carboxylic acids is 2. The standard InChI is InChI=1S/C28H41N3O4S/c1-8-22(4)29-28(33)24(6)30(19-25-14-9-12-20(2)18-25)27(32)16-11-17-31(36(7,34)35)26-15-10-13-21(3)23(26)5/h9-10,12-15,18,22,24H,8,11,16-17,19H2,1-7H3,(H,29,33)/t22-,24-/m0/s1. The van der Waals surface area contributed by atoms with E-state index in [0.29, 0.717) is 18.7 Å². The van der Waals surface area contributed by atoms with Crippen LogP contribution in [0.1, 0.15) is 62.3 Å². The number of carbonyl (C=O) groups is 2. The van der Waals surface area contributed by atoms with Gasteiger partial charge in [0.2, 0.25) is 21.8 Å². The highest BCUT2D eigenvalue weighted by Crippen LogP contribution is 2.25. The zero-order valence-electron chi connectivity index (χ0n) is 22.7. The summed E-state index contributed by atoms with van der Waals surface area (Å²) in [6.45, 7) is 12.0. The number of aryl methyl sites for hydroxylation is 2. The quantitative estimate of drug-likeness (QED) is 0.451. The second-order valence-electron chi connectivity index (χ2n) is 9.66. The molecule has 0 aromatic heterocycles. The van der Waals surface area contributed by atoms with E-state index in [4.69, 9.17) is 0 Å². The smallest absolute Gasteiger partial charge is 0.242 e. The Hall–Kier alpha value is -2.87. The lowest BCUT2D eigenvalue weighted by Crippen LogP contribution is -2.49. The van der Waals surface area contributed by atoms with Crippen LogP contribution in [-0.2, 0) is 26.2 Å². The molecule has 7 nitrogen and oxygen atoms in total. The fourth-order valence-corrected chi connectivity index (χ4v) is 5.06. The molecule has 2 aromatic carbocycles. The Morgan fingerprint density at radius 1 is 1.03 bits per heavy atom. The molecule has 0 aliphatic heterocycles. The van der Waals surface area contributed by atoms with E-state index in [-0.39, 0.29) is 30.8 Å². The molecule has 0 bridgehead atoms. The van der Waals surface area contributed by atoms with Gasteiger partial charge in [-0.05, 0) is 70.2 Å². The minimum absolute atomic E-state index is 0.0109. The van der Waals surface area contributed by atoms with E-state index >= 15 is 0 Å². The SMILES string of the molecule is CC[C@H](C)NC(=O)[C@H](C)N(Cc1cccc(C)c1)C(=O)CCCN(c1cccc(C)c1C)S(C)(=O)=O. The van der Waals surface area contributed by atoms with Crippen molar-refractivity contribution in [1.82, 2.24) is 10.2 Å². The molecule has 0 heterocycles. The first-order chi connectivity index (χ1) is 16.8. The zero-order valence-corrected chi connectivity index (χ0v) is 23.5.